The SMILES string of the molecule is CC(C)C(NNC(=O)c1ccccc1)P(=O)(Oc1ccccc1)Oc1ccccc1. The van der Waals surface area contributed by atoms with Crippen LogP contribution in [0.3, 0.4) is 0 Å². The van der Waals surface area contributed by atoms with Crippen molar-refractivity contribution in [3.63, 3.8) is 0 Å². The summed E-state index contributed by atoms with van der Waals surface area (Å²) in [4.78, 5) is 12.5. The van der Waals surface area contributed by atoms with Gasteiger partial charge in [0.1, 0.15) is 11.5 Å². The molecule has 2 N–H and O–H groups in total. The molecule has 0 aliphatic heterocycles. The maximum absolute atomic E-state index is 14.0. The molecule has 0 aliphatic rings. The smallest absolute Gasteiger partial charge is 0.415 e. The van der Waals surface area contributed by atoms with E-state index in [4.69, 9.17) is 9.05 Å². The minimum atomic E-state index is -3.80. The summed E-state index contributed by atoms with van der Waals surface area (Å²) in [6.45, 7) is 3.75. The van der Waals surface area contributed by atoms with E-state index in [-0.39, 0.29) is 11.8 Å². The molecule has 0 radical (unpaired) electrons. The standard InChI is InChI=1S/C23H25N2O4P/c1-18(2)23(25-24-22(26)19-12-6-3-7-13-19)30(27,28-20-14-8-4-9-15-20)29-21-16-10-5-11-17-21/h3-18,23,25H,1-2H3,(H,24,26). The van der Waals surface area contributed by atoms with Crippen molar-refractivity contribution in [2.45, 2.75) is 19.6 Å². The number of hydrazine groups is 1. The molecule has 0 aromatic heterocycles. The van der Waals surface area contributed by atoms with Crippen LogP contribution >= 0.6 is 7.60 Å². The van der Waals surface area contributed by atoms with Crippen molar-refractivity contribution in [2.75, 3.05) is 0 Å². The van der Waals surface area contributed by atoms with Gasteiger partial charge in [-0.05, 0) is 42.3 Å². The van der Waals surface area contributed by atoms with E-state index in [1.165, 1.54) is 0 Å². The molecular weight excluding hydrogens is 399 g/mol. The van der Waals surface area contributed by atoms with Crippen LogP contribution < -0.4 is 19.9 Å². The fourth-order valence-electron chi connectivity index (χ4n) is 2.80. The number of hydrogen-bond acceptors (Lipinski definition) is 5. The molecule has 30 heavy (non-hydrogen) atoms. The van der Waals surface area contributed by atoms with Gasteiger partial charge in [0, 0.05) is 5.56 Å². The molecule has 0 saturated carbocycles. The number of hydrogen-bond donors (Lipinski definition) is 2. The Kier molecular flexibility index (Phi) is 7.28. The van der Waals surface area contributed by atoms with Crippen LogP contribution in [0.15, 0.2) is 91.0 Å². The first-order valence-corrected chi connectivity index (χ1v) is 11.3. The molecule has 0 bridgehead atoms. The summed E-state index contributed by atoms with van der Waals surface area (Å²) >= 11 is 0. The first-order valence-electron chi connectivity index (χ1n) is 9.68. The van der Waals surface area contributed by atoms with Gasteiger partial charge in [-0.25, -0.2) is 9.99 Å². The second-order valence-corrected chi connectivity index (χ2v) is 9.00. The fraction of sp³-hybridized carbons (Fsp3) is 0.174. The lowest BCUT2D eigenvalue weighted by Gasteiger charge is -2.30. The van der Waals surface area contributed by atoms with Gasteiger partial charge in [0.2, 0.25) is 0 Å². The molecule has 0 spiro atoms. The van der Waals surface area contributed by atoms with Crippen molar-refractivity contribution in [2.24, 2.45) is 5.92 Å². The Morgan fingerprint density at radius 3 is 1.63 bits per heavy atom. The highest BCUT2D eigenvalue weighted by Gasteiger charge is 2.42. The topological polar surface area (TPSA) is 76.7 Å². The third-order valence-electron chi connectivity index (χ3n) is 4.29. The molecule has 0 fully saturated rings. The molecule has 7 heteroatoms. The van der Waals surface area contributed by atoms with E-state index in [2.05, 4.69) is 10.9 Å². The van der Waals surface area contributed by atoms with Crippen molar-refractivity contribution in [1.82, 2.24) is 10.9 Å². The quantitative estimate of drug-likeness (QED) is 0.362. The Morgan fingerprint density at radius 1 is 0.767 bits per heavy atom. The van der Waals surface area contributed by atoms with Gasteiger partial charge in [0.25, 0.3) is 5.91 Å². The number of nitrogens with one attached hydrogen (secondary N) is 2. The van der Waals surface area contributed by atoms with E-state index >= 15 is 0 Å². The summed E-state index contributed by atoms with van der Waals surface area (Å²) < 4.78 is 25.8. The average Bonchev–Trinajstić information content (AvgIpc) is 2.75. The summed E-state index contributed by atoms with van der Waals surface area (Å²) in [5.74, 6) is -0.491. The molecule has 3 rings (SSSR count). The summed E-state index contributed by atoms with van der Waals surface area (Å²) in [6, 6.07) is 26.4. The summed E-state index contributed by atoms with van der Waals surface area (Å²) in [7, 11) is -3.80. The molecule has 0 aliphatic carbocycles. The van der Waals surface area contributed by atoms with Crippen LogP contribution in [0.5, 0.6) is 11.5 Å². The monoisotopic (exact) mass is 424 g/mol. The van der Waals surface area contributed by atoms with E-state index in [1.807, 2.05) is 32.0 Å². The molecule has 1 unspecified atom stereocenters. The minimum Gasteiger partial charge on any atom is -0.415 e. The maximum atomic E-state index is 14.0. The van der Waals surface area contributed by atoms with Crippen LogP contribution in [0.4, 0.5) is 0 Å². The van der Waals surface area contributed by atoms with Gasteiger partial charge in [-0.15, -0.1) is 0 Å². The second kappa shape index (κ2) is 10.1. The maximum Gasteiger partial charge on any atom is 0.449 e. The van der Waals surface area contributed by atoms with Crippen molar-refractivity contribution < 1.29 is 18.4 Å². The van der Waals surface area contributed by atoms with E-state index in [0.717, 1.165) is 0 Å². The molecule has 1 amide bonds. The Balaban J connectivity index is 1.85. The lowest BCUT2D eigenvalue weighted by atomic mass is 10.2. The average molecular weight is 424 g/mol. The predicted molar refractivity (Wildman–Crippen MR) is 117 cm³/mol. The summed E-state index contributed by atoms with van der Waals surface area (Å²) in [5, 5.41) is 0. The van der Waals surface area contributed by atoms with Crippen LogP contribution in [0.25, 0.3) is 0 Å². The Morgan fingerprint density at radius 2 is 1.20 bits per heavy atom. The number of carbonyl (C=O) groups excluding carboxylic acids is 1. The Hall–Kier alpha value is -3.08. The largest absolute Gasteiger partial charge is 0.449 e. The second-order valence-electron chi connectivity index (χ2n) is 7.00. The number of para-hydroxylation sites is 2. The molecule has 3 aromatic carbocycles. The first kappa shape index (κ1) is 21.6. The lowest BCUT2D eigenvalue weighted by molar-refractivity contribution is 0.0926. The molecule has 6 nitrogen and oxygen atoms in total. The van der Waals surface area contributed by atoms with Gasteiger partial charge in [-0.2, -0.15) is 0 Å². The Bertz CT molecular complexity index is 936. The van der Waals surface area contributed by atoms with Gasteiger partial charge < -0.3 is 9.05 Å². The van der Waals surface area contributed by atoms with Crippen molar-refractivity contribution in [3.8, 4) is 11.5 Å². The molecule has 3 aromatic rings. The van der Waals surface area contributed by atoms with Crippen molar-refractivity contribution >= 4 is 13.5 Å². The van der Waals surface area contributed by atoms with E-state index < -0.39 is 13.4 Å². The van der Waals surface area contributed by atoms with Crippen LogP contribution in [0.1, 0.15) is 24.2 Å². The Labute approximate surface area is 176 Å². The normalized spacial score (nSPS) is 12.2. The summed E-state index contributed by atoms with van der Waals surface area (Å²) in [5.41, 5.74) is 6.00. The third-order valence-corrected chi connectivity index (χ3v) is 6.63. The zero-order chi connectivity index (χ0) is 21.4. The number of benzene rings is 3. The van der Waals surface area contributed by atoms with Crippen LogP contribution in [-0.4, -0.2) is 11.7 Å². The van der Waals surface area contributed by atoms with Crippen LogP contribution in [-0.2, 0) is 4.57 Å². The molecule has 156 valence electrons. The van der Waals surface area contributed by atoms with Gasteiger partial charge >= 0.3 is 7.60 Å². The van der Waals surface area contributed by atoms with E-state index in [9.17, 15) is 9.36 Å². The molecule has 0 heterocycles. The van der Waals surface area contributed by atoms with E-state index in [0.29, 0.717) is 17.1 Å². The fourth-order valence-corrected chi connectivity index (χ4v) is 4.85. The number of amides is 1. The number of rotatable bonds is 9. The van der Waals surface area contributed by atoms with Gasteiger partial charge in [-0.1, -0.05) is 68.4 Å². The highest BCUT2D eigenvalue weighted by molar-refractivity contribution is 7.55. The van der Waals surface area contributed by atoms with Gasteiger partial charge in [0.15, 0.2) is 5.78 Å². The highest BCUT2D eigenvalue weighted by Crippen LogP contribution is 2.53. The van der Waals surface area contributed by atoms with Crippen LogP contribution in [0, 0.1) is 5.92 Å². The summed E-state index contributed by atoms with van der Waals surface area (Å²) in [6.07, 6.45) is 0. The first-order chi connectivity index (χ1) is 14.5. The number of carbonyl (C=O) groups is 1. The zero-order valence-corrected chi connectivity index (χ0v) is 17.8. The van der Waals surface area contributed by atoms with Gasteiger partial charge in [-0.3, -0.25) is 10.2 Å². The van der Waals surface area contributed by atoms with Crippen LogP contribution in [0.2, 0.25) is 0 Å². The lowest BCUT2D eigenvalue weighted by Crippen LogP contribution is -2.47. The van der Waals surface area contributed by atoms with Crippen molar-refractivity contribution in [1.29, 1.82) is 0 Å². The molecular formula is C23H25N2O4P. The van der Waals surface area contributed by atoms with Gasteiger partial charge in [0.05, 0.1) is 0 Å². The molecule has 0 saturated heterocycles. The van der Waals surface area contributed by atoms with Crippen molar-refractivity contribution in [3.05, 3.63) is 96.6 Å². The molecule has 1 atom stereocenters. The zero-order valence-electron chi connectivity index (χ0n) is 16.9. The third kappa shape index (κ3) is 5.72. The minimum absolute atomic E-state index is 0.181. The highest BCUT2D eigenvalue weighted by atomic mass is 31.2. The van der Waals surface area contributed by atoms with E-state index in [1.54, 1.807) is 72.8 Å². The predicted octanol–water partition coefficient (Wildman–Crippen LogP) is 5.25.